The maximum absolute atomic E-state index is 5.28. The van der Waals surface area contributed by atoms with Gasteiger partial charge in [0.05, 0.1) is 7.11 Å². The number of methoxy groups -OCH3 is 1. The van der Waals surface area contributed by atoms with Crippen LogP contribution in [0.15, 0.2) is 54.6 Å². The van der Waals surface area contributed by atoms with E-state index in [0.29, 0.717) is 0 Å². The van der Waals surface area contributed by atoms with Crippen LogP contribution in [-0.2, 0) is 0 Å². The quantitative estimate of drug-likeness (QED) is 0.681. The second kappa shape index (κ2) is 5.96. The third-order valence-corrected chi connectivity index (χ3v) is 2.18. The normalized spacial score (nSPS) is 10.2. The lowest BCUT2D eigenvalue weighted by Gasteiger charge is -2.07. The Morgan fingerprint density at radius 3 is 2.56 bits per heavy atom. The minimum absolute atomic E-state index is 0.856. The van der Waals surface area contributed by atoms with Crippen molar-refractivity contribution < 1.29 is 4.74 Å². The Kier molecular flexibility index (Phi) is 4.59. The van der Waals surface area contributed by atoms with Crippen molar-refractivity contribution in [3.63, 3.8) is 0 Å². The molecule has 0 saturated heterocycles. The van der Waals surface area contributed by atoms with E-state index in [2.05, 4.69) is 26.5 Å². The molecule has 0 aliphatic rings. The van der Waals surface area contributed by atoms with Gasteiger partial charge >= 0.3 is 0 Å². The Morgan fingerprint density at radius 2 is 1.94 bits per heavy atom. The molecule has 0 atom stereocenters. The molecular weight excluding hydrogens is 196 g/mol. The van der Waals surface area contributed by atoms with E-state index in [0.717, 1.165) is 16.9 Å². The summed E-state index contributed by atoms with van der Waals surface area (Å²) in [5.74, 6) is 0.856. The van der Waals surface area contributed by atoms with Crippen molar-refractivity contribution in [3.8, 4) is 5.75 Å². The molecule has 0 fully saturated rings. The summed E-state index contributed by atoms with van der Waals surface area (Å²) in [6, 6.07) is 7.89. The fourth-order valence-corrected chi connectivity index (χ4v) is 1.36. The summed E-state index contributed by atoms with van der Waals surface area (Å²) in [5, 5.41) is 0. The van der Waals surface area contributed by atoms with Crippen molar-refractivity contribution in [3.05, 3.63) is 60.2 Å². The summed E-state index contributed by atoms with van der Waals surface area (Å²) in [6.45, 7) is 8.17. The summed E-state index contributed by atoms with van der Waals surface area (Å²) in [5.41, 5.74) is 3.25. The molecule has 0 radical (unpaired) electrons. The van der Waals surface area contributed by atoms with Crippen LogP contribution in [0, 0.1) is 0 Å². The molecule has 1 rings (SSSR count). The highest BCUT2D eigenvalue weighted by Gasteiger charge is 2.01. The van der Waals surface area contributed by atoms with Crippen molar-refractivity contribution >= 4 is 5.57 Å². The summed E-state index contributed by atoms with van der Waals surface area (Å²) in [6.07, 6.45) is 6.05. The van der Waals surface area contributed by atoms with Crippen LogP contribution in [0.3, 0.4) is 0 Å². The van der Waals surface area contributed by atoms with Gasteiger partial charge in [0.15, 0.2) is 0 Å². The first-order chi connectivity index (χ1) is 7.65. The van der Waals surface area contributed by atoms with Crippen LogP contribution >= 0.6 is 0 Å². The monoisotopic (exact) mass is 214 g/mol. The third kappa shape index (κ3) is 3.43. The van der Waals surface area contributed by atoms with Gasteiger partial charge in [-0.05, 0) is 25.5 Å². The predicted molar refractivity (Wildman–Crippen MR) is 70.6 cm³/mol. The molecule has 0 aliphatic heterocycles. The molecule has 1 aromatic carbocycles. The zero-order valence-corrected chi connectivity index (χ0v) is 10.2. The van der Waals surface area contributed by atoms with Crippen LogP contribution in [-0.4, -0.2) is 7.11 Å². The summed E-state index contributed by atoms with van der Waals surface area (Å²) in [7, 11) is 1.67. The van der Waals surface area contributed by atoms with Crippen LogP contribution in [0.4, 0.5) is 0 Å². The highest BCUT2D eigenvalue weighted by Crippen LogP contribution is 2.25. The van der Waals surface area contributed by atoms with Crippen LogP contribution in [0.2, 0.25) is 0 Å². The highest BCUT2D eigenvalue weighted by atomic mass is 16.5. The predicted octanol–water partition coefficient (Wildman–Crippen LogP) is 4.23. The van der Waals surface area contributed by atoms with Crippen molar-refractivity contribution in [2.45, 2.75) is 13.8 Å². The molecule has 0 N–H and O–H groups in total. The van der Waals surface area contributed by atoms with Gasteiger partial charge in [-0.2, -0.15) is 0 Å². The number of allylic oxidation sites excluding steroid dienone is 5. The lowest BCUT2D eigenvalue weighted by Crippen LogP contribution is -1.88. The van der Waals surface area contributed by atoms with Crippen molar-refractivity contribution in [2.24, 2.45) is 0 Å². The van der Waals surface area contributed by atoms with E-state index in [-0.39, 0.29) is 0 Å². The van der Waals surface area contributed by atoms with Gasteiger partial charge in [0.1, 0.15) is 5.75 Å². The molecule has 1 aromatic rings. The van der Waals surface area contributed by atoms with E-state index >= 15 is 0 Å². The molecule has 0 spiro atoms. The summed E-state index contributed by atoms with van der Waals surface area (Å²) in [4.78, 5) is 0. The van der Waals surface area contributed by atoms with Gasteiger partial charge in [-0.1, -0.05) is 48.6 Å². The van der Waals surface area contributed by atoms with Gasteiger partial charge in [-0.3, -0.25) is 0 Å². The molecule has 84 valence electrons. The van der Waals surface area contributed by atoms with Gasteiger partial charge in [0, 0.05) is 5.56 Å². The molecule has 0 saturated carbocycles. The maximum Gasteiger partial charge on any atom is 0.126 e. The number of ether oxygens (including phenoxy) is 1. The van der Waals surface area contributed by atoms with Gasteiger partial charge < -0.3 is 4.74 Å². The topological polar surface area (TPSA) is 9.23 Å². The summed E-state index contributed by atoms with van der Waals surface area (Å²) >= 11 is 0. The zero-order chi connectivity index (χ0) is 12.0. The van der Waals surface area contributed by atoms with Crippen molar-refractivity contribution in [1.82, 2.24) is 0 Å². The molecule has 0 aromatic heterocycles. The zero-order valence-electron chi connectivity index (χ0n) is 10.2. The molecular formula is C15H18O. The van der Waals surface area contributed by atoms with Crippen molar-refractivity contribution in [1.29, 1.82) is 0 Å². The van der Waals surface area contributed by atoms with Crippen LogP contribution in [0.1, 0.15) is 19.4 Å². The van der Waals surface area contributed by atoms with Crippen LogP contribution in [0.5, 0.6) is 5.75 Å². The first kappa shape index (κ1) is 12.3. The average molecular weight is 214 g/mol. The van der Waals surface area contributed by atoms with E-state index in [1.165, 1.54) is 5.57 Å². The Bertz CT molecular complexity index is 421. The molecule has 0 bridgehead atoms. The molecule has 0 aliphatic carbocycles. The number of hydrogen-bond acceptors (Lipinski definition) is 1. The summed E-state index contributed by atoms with van der Waals surface area (Å²) < 4.78 is 5.28. The van der Waals surface area contributed by atoms with E-state index < -0.39 is 0 Å². The van der Waals surface area contributed by atoms with E-state index in [4.69, 9.17) is 4.74 Å². The molecule has 0 unspecified atom stereocenters. The first-order valence-electron chi connectivity index (χ1n) is 5.29. The Labute approximate surface area is 97.8 Å². The van der Waals surface area contributed by atoms with Gasteiger partial charge in [-0.15, -0.1) is 0 Å². The number of benzene rings is 1. The van der Waals surface area contributed by atoms with Crippen molar-refractivity contribution in [2.75, 3.05) is 7.11 Å². The SMILES string of the molecule is C=C(/C=C\C=C(C)C)c1ccccc1OC. The highest BCUT2D eigenvalue weighted by molar-refractivity contribution is 5.76. The fraction of sp³-hybridized carbons (Fsp3) is 0.200. The van der Waals surface area contributed by atoms with Crippen LogP contribution in [0.25, 0.3) is 5.57 Å². The van der Waals surface area contributed by atoms with Crippen LogP contribution < -0.4 is 4.74 Å². The van der Waals surface area contributed by atoms with Gasteiger partial charge in [0.2, 0.25) is 0 Å². The molecule has 1 heteroatoms. The Balaban J connectivity index is 2.88. The minimum Gasteiger partial charge on any atom is -0.496 e. The standard InChI is InChI=1S/C15H18O/c1-12(2)8-7-9-13(3)14-10-5-6-11-15(14)16-4/h5-11H,3H2,1-2,4H3/b9-7-. The maximum atomic E-state index is 5.28. The smallest absolute Gasteiger partial charge is 0.126 e. The van der Waals surface area contributed by atoms with E-state index in [9.17, 15) is 0 Å². The molecule has 0 heterocycles. The molecule has 16 heavy (non-hydrogen) atoms. The number of hydrogen-bond donors (Lipinski definition) is 0. The molecule has 0 amide bonds. The second-order valence-corrected chi connectivity index (χ2v) is 3.83. The number of rotatable bonds is 4. The van der Waals surface area contributed by atoms with Gasteiger partial charge in [-0.25, -0.2) is 0 Å². The van der Waals surface area contributed by atoms with Gasteiger partial charge in [0.25, 0.3) is 0 Å². The Hall–Kier alpha value is -1.76. The first-order valence-corrected chi connectivity index (χ1v) is 5.29. The minimum atomic E-state index is 0.856. The lowest BCUT2D eigenvalue weighted by atomic mass is 10.1. The largest absolute Gasteiger partial charge is 0.496 e. The lowest BCUT2D eigenvalue weighted by molar-refractivity contribution is 0.413. The average Bonchev–Trinajstić information content (AvgIpc) is 2.28. The number of para-hydroxylation sites is 1. The Morgan fingerprint density at radius 1 is 1.25 bits per heavy atom. The second-order valence-electron chi connectivity index (χ2n) is 3.83. The van der Waals surface area contributed by atoms with E-state index in [1.807, 2.05) is 36.4 Å². The third-order valence-electron chi connectivity index (χ3n) is 2.18. The fourth-order valence-electron chi connectivity index (χ4n) is 1.36. The molecule has 1 nitrogen and oxygen atoms in total. The van der Waals surface area contributed by atoms with E-state index in [1.54, 1.807) is 7.11 Å².